The summed E-state index contributed by atoms with van der Waals surface area (Å²) >= 11 is 1.42. The molecule has 25 heavy (non-hydrogen) atoms. The number of benzene rings is 1. The van der Waals surface area contributed by atoms with Crippen molar-refractivity contribution in [3.63, 3.8) is 0 Å². The summed E-state index contributed by atoms with van der Waals surface area (Å²) < 4.78 is 0. The molecule has 130 valence electrons. The van der Waals surface area contributed by atoms with Gasteiger partial charge in [-0.1, -0.05) is 36.9 Å². The first kappa shape index (κ1) is 17.4. The third-order valence-corrected chi connectivity index (χ3v) is 5.58. The Kier molecular flexibility index (Phi) is 4.99. The highest BCUT2D eigenvalue weighted by molar-refractivity contribution is 7.13. The second-order valence-corrected chi connectivity index (χ2v) is 7.08. The van der Waals surface area contributed by atoms with Crippen LogP contribution in [0.2, 0.25) is 0 Å². The zero-order chi connectivity index (χ0) is 17.9. The van der Waals surface area contributed by atoms with Crippen molar-refractivity contribution in [1.82, 2.24) is 9.88 Å². The lowest BCUT2D eigenvalue weighted by molar-refractivity contribution is -0.131. The van der Waals surface area contributed by atoms with Crippen LogP contribution in [0, 0.1) is 6.92 Å². The van der Waals surface area contributed by atoms with Gasteiger partial charge < -0.3 is 10.2 Å². The summed E-state index contributed by atoms with van der Waals surface area (Å²) in [5, 5.41) is 5.50. The Labute approximate surface area is 151 Å². The number of hydrogen-bond acceptors (Lipinski definition) is 4. The summed E-state index contributed by atoms with van der Waals surface area (Å²) in [7, 11) is 0. The van der Waals surface area contributed by atoms with Crippen LogP contribution < -0.4 is 5.32 Å². The normalized spacial score (nSPS) is 16.3. The Morgan fingerprint density at radius 3 is 2.52 bits per heavy atom. The molecule has 1 aliphatic heterocycles. The van der Waals surface area contributed by atoms with Gasteiger partial charge in [0.25, 0.3) is 0 Å². The van der Waals surface area contributed by atoms with E-state index in [-0.39, 0.29) is 11.8 Å². The number of likely N-dealkylation sites (tertiary alicyclic amines) is 1. The first-order valence-electron chi connectivity index (χ1n) is 8.25. The fourth-order valence-electron chi connectivity index (χ4n) is 3.27. The Balaban J connectivity index is 1.87. The van der Waals surface area contributed by atoms with Gasteiger partial charge >= 0.3 is 0 Å². The molecule has 2 amide bonds. The van der Waals surface area contributed by atoms with Crippen LogP contribution in [-0.2, 0) is 15.0 Å². The minimum absolute atomic E-state index is 0.0567. The van der Waals surface area contributed by atoms with Gasteiger partial charge in [-0.15, -0.1) is 11.3 Å². The van der Waals surface area contributed by atoms with Crippen LogP contribution in [0.1, 0.15) is 24.1 Å². The van der Waals surface area contributed by atoms with E-state index < -0.39 is 5.41 Å². The van der Waals surface area contributed by atoms with Crippen LogP contribution in [0.15, 0.2) is 48.4 Å². The quantitative estimate of drug-likeness (QED) is 0.857. The van der Waals surface area contributed by atoms with E-state index in [1.54, 1.807) is 4.90 Å². The van der Waals surface area contributed by atoms with Crippen molar-refractivity contribution in [2.75, 3.05) is 18.4 Å². The molecular formula is C19H21N3O2S. The maximum Gasteiger partial charge on any atom is 0.245 e. The van der Waals surface area contributed by atoms with Crippen molar-refractivity contribution in [3.05, 3.63) is 59.6 Å². The molecule has 0 spiro atoms. The van der Waals surface area contributed by atoms with Gasteiger partial charge in [-0.05, 0) is 31.4 Å². The summed E-state index contributed by atoms with van der Waals surface area (Å²) in [6.07, 6.45) is 2.48. The van der Waals surface area contributed by atoms with Gasteiger partial charge in [0.05, 0.1) is 11.1 Å². The third-order valence-electron chi connectivity index (χ3n) is 4.70. The molecule has 2 aromatic rings. The lowest BCUT2D eigenvalue weighted by Gasteiger charge is -2.40. The molecule has 6 heteroatoms. The van der Waals surface area contributed by atoms with Crippen LogP contribution in [0.4, 0.5) is 5.13 Å². The Hall–Kier alpha value is -2.47. The Morgan fingerprint density at radius 1 is 1.28 bits per heavy atom. The predicted octanol–water partition coefficient (Wildman–Crippen LogP) is 3.14. The molecule has 0 unspecified atom stereocenters. The molecule has 5 nitrogen and oxygen atoms in total. The number of carbonyl (C=O) groups excluding carboxylic acids is 2. The van der Waals surface area contributed by atoms with Crippen LogP contribution in [0.3, 0.4) is 0 Å². The summed E-state index contributed by atoms with van der Waals surface area (Å²) in [6.45, 7) is 6.51. The van der Waals surface area contributed by atoms with E-state index in [0.717, 1.165) is 11.3 Å². The van der Waals surface area contributed by atoms with E-state index in [1.165, 1.54) is 17.4 Å². The van der Waals surface area contributed by atoms with Crippen molar-refractivity contribution in [2.45, 2.75) is 25.2 Å². The number of aromatic nitrogens is 1. The van der Waals surface area contributed by atoms with Gasteiger partial charge in [-0.2, -0.15) is 0 Å². The van der Waals surface area contributed by atoms with Crippen LogP contribution in [-0.4, -0.2) is 34.8 Å². The maximum atomic E-state index is 13.2. The SMILES string of the molecule is C=CC(=O)N1CCC(C(=O)Nc2nc(C)cs2)(c2ccccc2)CC1. The number of nitrogens with one attached hydrogen (secondary N) is 1. The molecule has 1 saturated heterocycles. The fourth-order valence-corrected chi connectivity index (χ4v) is 3.95. The summed E-state index contributed by atoms with van der Waals surface area (Å²) in [5.74, 6) is -0.142. The average Bonchev–Trinajstić information content (AvgIpc) is 3.06. The van der Waals surface area contributed by atoms with Gasteiger partial charge in [0.1, 0.15) is 0 Å². The van der Waals surface area contributed by atoms with Gasteiger partial charge in [-0.3, -0.25) is 9.59 Å². The predicted molar refractivity (Wildman–Crippen MR) is 99.6 cm³/mol. The van der Waals surface area contributed by atoms with Gasteiger partial charge in [-0.25, -0.2) is 4.98 Å². The minimum atomic E-state index is -0.654. The summed E-state index contributed by atoms with van der Waals surface area (Å²) in [4.78, 5) is 31.1. The molecule has 1 aliphatic rings. The Bertz CT molecular complexity index is 777. The molecule has 0 aliphatic carbocycles. The van der Waals surface area contributed by atoms with Gasteiger partial charge in [0.15, 0.2) is 5.13 Å². The lowest BCUT2D eigenvalue weighted by atomic mass is 9.72. The first-order valence-corrected chi connectivity index (χ1v) is 9.13. The molecule has 1 N–H and O–H groups in total. The van der Waals surface area contributed by atoms with Crippen LogP contribution >= 0.6 is 11.3 Å². The number of aryl methyl sites for hydroxylation is 1. The van der Waals surface area contributed by atoms with E-state index >= 15 is 0 Å². The zero-order valence-electron chi connectivity index (χ0n) is 14.2. The van der Waals surface area contributed by atoms with Crippen molar-refractivity contribution >= 4 is 28.3 Å². The highest BCUT2D eigenvalue weighted by Crippen LogP contribution is 2.37. The topological polar surface area (TPSA) is 62.3 Å². The average molecular weight is 355 g/mol. The molecule has 1 aromatic carbocycles. The van der Waals surface area contributed by atoms with Crippen molar-refractivity contribution in [2.24, 2.45) is 0 Å². The van der Waals surface area contributed by atoms with Crippen molar-refractivity contribution < 1.29 is 9.59 Å². The van der Waals surface area contributed by atoms with E-state index in [1.807, 2.05) is 42.6 Å². The molecule has 1 fully saturated rings. The molecule has 0 radical (unpaired) electrons. The fraction of sp³-hybridized carbons (Fsp3) is 0.316. The first-order chi connectivity index (χ1) is 12.0. The van der Waals surface area contributed by atoms with Crippen molar-refractivity contribution in [3.8, 4) is 0 Å². The number of nitrogens with zero attached hydrogens (tertiary/aromatic N) is 2. The smallest absolute Gasteiger partial charge is 0.245 e. The molecule has 0 saturated carbocycles. The monoisotopic (exact) mass is 355 g/mol. The molecule has 3 rings (SSSR count). The number of piperidine rings is 1. The van der Waals surface area contributed by atoms with Crippen molar-refractivity contribution in [1.29, 1.82) is 0 Å². The van der Waals surface area contributed by atoms with E-state index in [4.69, 9.17) is 0 Å². The number of hydrogen-bond donors (Lipinski definition) is 1. The minimum Gasteiger partial charge on any atom is -0.339 e. The largest absolute Gasteiger partial charge is 0.339 e. The highest BCUT2D eigenvalue weighted by Gasteiger charge is 2.43. The van der Waals surface area contributed by atoms with Gasteiger partial charge in [0, 0.05) is 18.5 Å². The second-order valence-electron chi connectivity index (χ2n) is 6.23. The van der Waals surface area contributed by atoms with E-state index in [9.17, 15) is 9.59 Å². The number of thiazole rings is 1. The third kappa shape index (κ3) is 3.49. The van der Waals surface area contributed by atoms with Crippen LogP contribution in [0.5, 0.6) is 0 Å². The standard InChI is InChI=1S/C19H21N3O2S/c1-3-16(23)22-11-9-19(10-12-22,15-7-5-4-6-8-15)17(24)21-18-20-14(2)13-25-18/h3-8,13H,1,9-12H2,2H3,(H,20,21,24). The molecule has 0 atom stereocenters. The number of rotatable bonds is 4. The number of carbonyl (C=O) groups is 2. The molecule has 0 bridgehead atoms. The summed E-state index contributed by atoms with van der Waals surface area (Å²) in [5.41, 5.74) is 1.21. The maximum absolute atomic E-state index is 13.2. The second kappa shape index (κ2) is 7.19. The highest BCUT2D eigenvalue weighted by atomic mass is 32.1. The van der Waals surface area contributed by atoms with E-state index in [2.05, 4.69) is 16.9 Å². The van der Waals surface area contributed by atoms with E-state index in [0.29, 0.717) is 31.1 Å². The molecule has 1 aromatic heterocycles. The Morgan fingerprint density at radius 2 is 1.96 bits per heavy atom. The van der Waals surface area contributed by atoms with Gasteiger partial charge in [0.2, 0.25) is 11.8 Å². The number of amides is 2. The van der Waals surface area contributed by atoms with Crippen LogP contribution in [0.25, 0.3) is 0 Å². The summed E-state index contributed by atoms with van der Waals surface area (Å²) in [6, 6.07) is 9.79. The lowest BCUT2D eigenvalue weighted by Crippen LogP contribution is -2.50. The number of anilines is 1. The zero-order valence-corrected chi connectivity index (χ0v) is 15.0. The molecular weight excluding hydrogens is 334 g/mol. The molecule has 2 heterocycles.